The van der Waals surface area contributed by atoms with Crippen molar-refractivity contribution in [3.63, 3.8) is 0 Å². The Hall–Kier alpha value is -2.83. The molecule has 2 N–H and O–H groups in total. The van der Waals surface area contributed by atoms with Gasteiger partial charge in [-0.05, 0) is 43.5 Å². The second-order valence-corrected chi connectivity index (χ2v) is 6.00. The summed E-state index contributed by atoms with van der Waals surface area (Å²) in [6, 6.07) is 7.30. The van der Waals surface area contributed by atoms with Crippen molar-refractivity contribution in [3.05, 3.63) is 35.9 Å². The number of ether oxygens (including phenoxy) is 1. The monoisotopic (exact) mass is 359 g/mol. The number of hydrogen-bond donors (Lipinski definition) is 2. The third-order valence-electron chi connectivity index (χ3n) is 3.95. The van der Waals surface area contributed by atoms with E-state index < -0.39 is 11.8 Å². The molecule has 0 radical (unpaired) electrons. The molecule has 0 bridgehead atoms. The minimum atomic E-state index is -0.450. The second-order valence-electron chi connectivity index (χ2n) is 6.00. The van der Waals surface area contributed by atoms with E-state index in [9.17, 15) is 14.4 Å². The van der Waals surface area contributed by atoms with Gasteiger partial charge >= 0.3 is 0 Å². The maximum atomic E-state index is 11.9. The van der Waals surface area contributed by atoms with Crippen molar-refractivity contribution in [1.29, 1.82) is 0 Å². The highest BCUT2D eigenvalue weighted by molar-refractivity contribution is 5.93. The molecular weight excluding hydrogens is 334 g/mol. The van der Waals surface area contributed by atoms with E-state index in [0.717, 1.165) is 30.6 Å². The van der Waals surface area contributed by atoms with Crippen LogP contribution in [0.15, 0.2) is 30.3 Å². The van der Waals surface area contributed by atoms with Crippen LogP contribution >= 0.6 is 0 Å². The lowest BCUT2D eigenvalue weighted by molar-refractivity contribution is -0.136. The Morgan fingerprint density at radius 2 is 1.92 bits per heavy atom. The number of nitrogens with one attached hydrogen (secondary N) is 2. The van der Waals surface area contributed by atoms with Gasteiger partial charge < -0.3 is 9.64 Å². The molecule has 26 heavy (non-hydrogen) atoms. The topological polar surface area (TPSA) is 87.7 Å². The number of benzene rings is 1. The van der Waals surface area contributed by atoms with Crippen molar-refractivity contribution in [2.24, 2.45) is 0 Å². The summed E-state index contributed by atoms with van der Waals surface area (Å²) >= 11 is 0. The molecule has 1 aromatic carbocycles. The average molecular weight is 359 g/mol. The van der Waals surface area contributed by atoms with Crippen molar-refractivity contribution < 1.29 is 19.1 Å². The Labute approximate surface area is 153 Å². The molecule has 0 aliphatic carbocycles. The number of hydrazine groups is 1. The van der Waals surface area contributed by atoms with Gasteiger partial charge in [0.15, 0.2) is 0 Å². The van der Waals surface area contributed by atoms with E-state index in [4.69, 9.17) is 4.74 Å². The number of carbonyl (C=O) groups is 3. The van der Waals surface area contributed by atoms with Crippen LogP contribution in [0.3, 0.4) is 0 Å². The molecule has 1 fully saturated rings. The zero-order valence-electron chi connectivity index (χ0n) is 15.0. The molecule has 0 aromatic heterocycles. The van der Waals surface area contributed by atoms with Crippen LogP contribution in [0.4, 0.5) is 0 Å². The molecule has 3 amide bonds. The smallest absolute Gasteiger partial charge is 0.262 e. The SMILES string of the molecule is CCOc1ccc(/C=C/C(=O)NNC(=O)CN2CCCCCC2=O)cc1. The average Bonchev–Trinajstić information content (AvgIpc) is 2.84. The van der Waals surface area contributed by atoms with Gasteiger partial charge in [-0.15, -0.1) is 0 Å². The first-order valence-electron chi connectivity index (χ1n) is 8.86. The van der Waals surface area contributed by atoms with Gasteiger partial charge in [0.2, 0.25) is 5.91 Å². The predicted octanol–water partition coefficient (Wildman–Crippen LogP) is 1.65. The van der Waals surface area contributed by atoms with Gasteiger partial charge in [-0.1, -0.05) is 18.6 Å². The minimum Gasteiger partial charge on any atom is -0.494 e. The van der Waals surface area contributed by atoms with E-state index in [1.54, 1.807) is 6.08 Å². The van der Waals surface area contributed by atoms with Gasteiger partial charge in [0.05, 0.1) is 6.61 Å². The van der Waals surface area contributed by atoms with Gasteiger partial charge in [-0.25, -0.2) is 0 Å². The van der Waals surface area contributed by atoms with Gasteiger partial charge in [0.1, 0.15) is 12.3 Å². The van der Waals surface area contributed by atoms with Crippen LogP contribution in [0, 0.1) is 0 Å². The van der Waals surface area contributed by atoms with Gasteiger partial charge in [-0.3, -0.25) is 25.2 Å². The minimum absolute atomic E-state index is 0.0145. The van der Waals surface area contributed by atoms with Crippen molar-refractivity contribution in [1.82, 2.24) is 15.8 Å². The lowest BCUT2D eigenvalue weighted by atomic mass is 10.2. The van der Waals surface area contributed by atoms with E-state index in [0.29, 0.717) is 19.6 Å². The number of nitrogens with zero attached hydrogens (tertiary/aromatic N) is 1. The van der Waals surface area contributed by atoms with Crippen LogP contribution in [0.5, 0.6) is 5.75 Å². The fraction of sp³-hybridized carbons (Fsp3) is 0.421. The molecule has 1 aliphatic rings. The summed E-state index contributed by atoms with van der Waals surface area (Å²) in [5.74, 6) is -0.110. The molecule has 0 spiro atoms. The Morgan fingerprint density at radius 1 is 1.15 bits per heavy atom. The fourth-order valence-corrected chi connectivity index (χ4v) is 2.61. The summed E-state index contributed by atoms with van der Waals surface area (Å²) in [4.78, 5) is 37.1. The van der Waals surface area contributed by atoms with Crippen molar-refractivity contribution in [2.45, 2.75) is 32.6 Å². The Kier molecular flexibility index (Phi) is 7.67. The second kappa shape index (κ2) is 10.2. The van der Waals surface area contributed by atoms with Crippen LogP contribution in [0.25, 0.3) is 6.08 Å². The lowest BCUT2D eigenvalue weighted by Crippen LogP contribution is -2.47. The maximum absolute atomic E-state index is 11.9. The van der Waals surface area contributed by atoms with E-state index in [1.165, 1.54) is 11.0 Å². The molecule has 7 nitrogen and oxygen atoms in total. The summed E-state index contributed by atoms with van der Waals surface area (Å²) in [5.41, 5.74) is 5.48. The largest absolute Gasteiger partial charge is 0.494 e. The summed E-state index contributed by atoms with van der Waals surface area (Å²) in [7, 11) is 0. The first kappa shape index (κ1) is 19.5. The quantitative estimate of drug-likeness (QED) is 0.597. The maximum Gasteiger partial charge on any atom is 0.262 e. The highest BCUT2D eigenvalue weighted by Gasteiger charge is 2.19. The third-order valence-corrected chi connectivity index (χ3v) is 3.95. The van der Waals surface area contributed by atoms with Gasteiger partial charge in [0, 0.05) is 19.0 Å². The number of carbonyl (C=O) groups excluding carboxylic acids is 3. The molecule has 0 saturated carbocycles. The molecule has 7 heteroatoms. The van der Waals surface area contributed by atoms with Crippen LogP contribution < -0.4 is 15.6 Å². The van der Waals surface area contributed by atoms with Crippen molar-refractivity contribution >= 4 is 23.8 Å². The molecule has 1 saturated heterocycles. The predicted molar refractivity (Wildman–Crippen MR) is 98.0 cm³/mol. The van der Waals surface area contributed by atoms with E-state index in [2.05, 4.69) is 10.9 Å². The molecule has 140 valence electrons. The van der Waals surface area contributed by atoms with Gasteiger partial charge in [0.25, 0.3) is 11.8 Å². The molecule has 1 heterocycles. The van der Waals surface area contributed by atoms with E-state index >= 15 is 0 Å². The third kappa shape index (κ3) is 6.58. The number of rotatable bonds is 6. The Balaban J connectivity index is 1.74. The normalized spacial score (nSPS) is 14.8. The zero-order chi connectivity index (χ0) is 18.8. The first-order chi connectivity index (χ1) is 12.6. The van der Waals surface area contributed by atoms with Crippen LogP contribution in [-0.2, 0) is 14.4 Å². The summed E-state index contributed by atoms with van der Waals surface area (Å²) < 4.78 is 5.35. The van der Waals surface area contributed by atoms with Crippen molar-refractivity contribution in [3.8, 4) is 5.75 Å². The van der Waals surface area contributed by atoms with Crippen molar-refractivity contribution in [2.75, 3.05) is 19.7 Å². The van der Waals surface area contributed by atoms with E-state index in [-0.39, 0.29) is 12.5 Å². The highest BCUT2D eigenvalue weighted by Crippen LogP contribution is 2.13. The number of likely N-dealkylation sites (tertiary alicyclic amines) is 1. The lowest BCUT2D eigenvalue weighted by Gasteiger charge is -2.19. The summed E-state index contributed by atoms with van der Waals surface area (Å²) in [6.45, 7) is 3.05. The number of hydrogen-bond acceptors (Lipinski definition) is 4. The Morgan fingerprint density at radius 3 is 2.65 bits per heavy atom. The van der Waals surface area contributed by atoms with Crippen LogP contribution in [0.1, 0.15) is 38.2 Å². The fourth-order valence-electron chi connectivity index (χ4n) is 2.61. The molecule has 1 aromatic rings. The molecule has 0 unspecified atom stereocenters. The highest BCUT2D eigenvalue weighted by atomic mass is 16.5. The molecule has 0 atom stereocenters. The Bertz CT molecular complexity index is 655. The standard InChI is InChI=1S/C19H25N3O4/c1-2-26-16-10-7-15(8-11-16)9-12-17(23)20-21-18(24)14-22-13-5-3-4-6-19(22)25/h7-12H,2-6,13-14H2,1H3,(H,20,23)(H,21,24)/b12-9+. The van der Waals surface area contributed by atoms with E-state index in [1.807, 2.05) is 31.2 Å². The summed E-state index contributed by atoms with van der Waals surface area (Å²) in [5, 5.41) is 0. The zero-order valence-corrected chi connectivity index (χ0v) is 15.0. The molecule has 2 rings (SSSR count). The van der Waals surface area contributed by atoms with Gasteiger partial charge in [-0.2, -0.15) is 0 Å². The first-order valence-corrected chi connectivity index (χ1v) is 8.86. The summed E-state index contributed by atoms with van der Waals surface area (Å²) in [6.07, 6.45) is 6.20. The molecular formula is C19H25N3O4. The number of amides is 3. The molecule has 1 aliphatic heterocycles. The van der Waals surface area contributed by atoms with Crippen LogP contribution in [-0.4, -0.2) is 42.3 Å². The van der Waals surface area contributed by atoms with Crippen LogP contribution in [0.2, 0.25) is 0 Å².